The molecule has 7 heteroatoms. The molecule has 0 amide bonds. The van der Waals surface area contributed by atoms with Gasteiger partial charge >= 0.3 is 5.97 Å². The van der Waals surface area contributed by atoms with E-state index in [1.165, 1.54) is 6.20 Å². The Morgan fingerprint density at radius 1 is 1.52 bits per heavy atom. The van der Waals surface area contributed by atoms with E-state index in [0.717, 1.165) is 12.1 Å². The lowest BCUT2D eigenvalue weighted by Gasteiger charge is -2.11. The van der Waals surface area contributed by atoms with Crippen LogP contribution in [0.15, 0.2) is 24.5 Å². The fourth-order valence-electron chi connectivity index (χ4n) is 1.94. The first-order valence-corrected chi connectivity index (χ1v) is 6.75. The van der Waals surface area contributed by atoms with Gasteiger partial charge in [-0.05, 0) is 19.1 Å². The summed E-state index contributed by atoms with van der Waals surface area (Å²) in [5.41, 5.74) is 7.55. The second-order valence-electron chi connectivity index (χ2n) is 4.51. The van der Waals surface area contributed by atoms with Crippen molar-refractivity contribution in [3.8, 4) is 0 Å². The number of nitrogens with zero attached hydrogens (tertiary/aromatic N) is 3. The molecule has 7 nitrogen and oxygen atoms in total. The molecule has 0 atom stereocenters. The molecule has 2 heterocycles. The number of esters is 1. The SMILES string of the molecule is CCOC(=O)c1cc(N)cnc1NCCc1ccnn1C. The molecule has 0 unspecified atom stereocenters. The number of nitrogens with one attached hydrogen (secondary N) is 1. The summed E-state index contributed by atoms with van der Waals surface area (Å²) in [6.07, 6.45) is 4.03. The number of carbonyl (C=O) groups excluding carboxylic acids is 1. The van der Waals surface area contributed by atoms with E-state index >= 15 is 0 Å². The second kappa shape index (κ2) is 6.74. The zero-order chi connectivity index (χ0) is 15.2. The van der Waals surface area contributed by atoms with Gasteiger partial charge in [-0.3, -0.25) is 4.68 Å². The summed E-state index contributed by atoms with van der Waals surface area (Å²) in [5, 5.41) is 7.24. The lowest BCUT2D eigenvalue weighted by molar-refractivity contribution is 0.0527. The summed E-state index contributed by atoms with van der Waals surface area (Å²) >= 11 is 0. The van der Waals surface area contributed by atoms with Crippen molar-refractivity contribution in [2.45, 2.75) is 13.3 Å². The van der Waals surface area contributed by atoms with Gasteiger partial charge in [0.15, 0.2) is 0 Å². The van der Waals surface area contributed by atoms with Crippen molar-refractivity contribution in [2.75, 3.05) is 24.2 Å². The zero-order valence-electron chi connectivity index (χ0n) is 12.2. The Labute approximate surface area is 123 Å². The highest BCUT2D eigenvalue weighted by Gasteiger charge is 2.14. The predicted octanol–water partition coefficient (Wildman–Crippen LogP) is 1.23. The summed E-state index contributed by atoms with van der Waals surface area (Å²) < 4.78 is 6.82. The lowest BCUT2D eigenvalue weighted by Crippen LogP contribution is -2.14. The standard InChI is InChI=1S/C14H19N5O2/c1-3-21-14(20)12-8-10(15)9-17-13(12)16-6-4-11-5-7-18-19(11)2/h5,7-9H,3-4,6,15H2,1-2H3,(H,16,17). The number of ether oxygens (including phenoxy) is 1. The van der Waals surface area contributed by atoms with Crippen LogP contribution < -0.4 is 11.1 Å². The van der Waals surface area contributed by atoms with E-state index in [1.807, 2.05) is 17.8 Å². The van der Waals surface area contributed by atoms with Crippen molar-refractivity contribution in [2.24, 2.45) is 7.05 Å². The van der Waals surface area contributed by atoms with Crippen LogP contribution in [0.5, 0.6) is 0 Å². The van der Waals surface area contributed by atoms with Crippen molar-refractivity contribution in [3.63, 3.8) is 0 Å². The third-order valence-electron chi connectivity index (χ3n) is 3.00. The Hall–Kier alpha value is -2.57. The van der Waals surface area contributed by atoms with Gasteiger partial charge in [0, 0.05) is 31.9 Å². The summed E-state index contributed by atoms with van der Waals surface area (Å²) in [5.74, 6) is 0.0464. The normalized spacial score (nSPS) is 10.4. The molecule has 0 bridgehead atoms. The Balaban J connectivity index is 2.05. The third kappa shape index (κ3) is 3.71. The average Bonchev–Trinajstić information content (AvgIpc) is 2.86. The minimum atomic E-state index is -0.430. The maximum atomic E-state index is 11.9. The predicted molar refractivity (Wildman–Crippen MR) is 80.0 cm³/mol. The molecule has 21 heavy (non-hydrogen) atoms. The van der Waals surface area contributed by atoms with Crippen molar-refractivity contribution >= 4 is 17.5 Å². The van der Waals surface area contributed by atoms with Gasteiger partial charge in [-0.2, -0.15) is 5.10 Å². The first-order valence-electron chi connectivity index (χ1n) is 6.75. The van der Waals surface area contributed by atoms with Crippen LogP contribution in [0.1, 0.15) is 23.0 Å². The summed E-state index contributed by atoms with van der Waals surface area (Å²) in [4.78, 5) is 16.1. The first kappa shape index (κ1) is 14.8. The smallest absolute Gasteiger partial charge is 0.341 e. The molecule has 0 aliphatic heterocycles. The van der Waals surface area contributed by atoms with Crippen molar-refractivity contribution in [1.29, 1.82) is 0 Å². The molecule has 0 aliphatic carbocycles. The quantitative estimate of drug-likeness (QED) is 0.777. The zero-order valence-corrected chi connectivity index (χ0v) is 12.2. The minimum absolute atomic E-state index is 0.308. The maximum Gasteiger partial charge on any atom is 0.341 e. The van der Waals surface area contributed by atoms with E-state index in [4.69, 9.17) is 10.5 Å². The van der Waals surface area contributed by atoms with Gasteiger partial charge in [-0.15, -0.1) is 0 Å². The number of nitrogens with two attached hydrogens (primary N) is 1. The van der Waals surface area contributed by atoms with Gasteiger partial charge < -0.3 is 15.8 Å². The van der Waals surface area contributed by atoms with E-state index < -0.39 is 5.97 Å². The Bertz CT molecular complexity index is 624. The van der Waals surface area contributed by atoms with Crippen molar-refractivity contribution in [3.05, 3.63) is 35.8 Å². The van der Waals surface area contributed by atoms with E-state index in [9.17, 15) is 4.79 Å². The molecule has 0 aromatic carbocycles. The van der Waals surface area contributed by atoms with Gasteiger partial charge in [0.2, 0.25) is 0 Å². The lowest BCUT2D eigenvalue weighted by atomic mass is 10.2. The number of hydrogen-bond donors (Lipinski definition) is 2. The average molecular weight is 289 g/mol. The monoisotopic (exact) mass is 289 g/mol. The molecule has 0 aliphatic rings. The molecule has 2 aromatic heterocycles. The number of aryl methyl sites for hydroxylation is 1. The van der Waals surface area contributed by atoms with Crippen molar-refractivity contribution < 1.29 is 9.53 Å². The molecule has 0 saturated heterocycles. The highest BCUT2D eigenvalue weighted by atomic mass is 16.5. The number of carbonyl (C=O) groups is 1. The van der Waals surface area contributed by atoms with Gasteiger partial charge in [-0.1, -0.05) is 0 Å². The maximum absolute atomic E-state index is 11.9. The molecular weight excluding hydrogens is 270 g/mol. The van der Waals surface area contributed by atoms with Crippen LogP contribution in [-0.2, 0) is 18.2 Å². The highest BCUT2D eigenvalue weighted by molar-refractivity contribution is 5.95. The molecule has 0 spiro atoms. The largest absolute Gasteiger partial charge is 0.462 e. The molecule has 2 rings (SSSR count). The van der Waals surface area contributed by atoms with Crippen LogP contribution in [0.3, 0.4) is 0 Å². The van der Waals surface area contributed by atoms with E-state index in [1.54, 1.807) is 19.2 Å². The van der Waals surface area contributed by atoms with E-state index in [-0.39, 0.29) is 0 Å². The summed E-state index contributed by atoms with van der Waals surface area (Å²) in [7, 11) is 1.89. The number of aromatic nitrogens is 3. The van der Waals surface area contributed by atoms with Crippen LogP contribution in [0, 0.1) is 0 Å². The van der Waals surface area contributed by atoms with Crippen LogP contribution in [0.25, 0.3) is 0 Å². The Morgan fingerprint density at radius 2 is 2.33 bits per heavy atom. The third-order valence-corrected chi connectivity index (χ3v) is 3.00. The topological polar surface area (TPSA) is 95.1 Å². The van der Waals surface area contributed by atoms with Gasteiger partial charge in [0.05, 0.1) is 18.5 Å². The molecule has 112 valence electrons. The van der Waals surface area contributed by atoms with Gasteiger partial charge in [0.1, 0.15) is 11.4 Å². The molecule has 2 aromatic rings. The fraction of sp³-hybridized carbons (Fsp3) is 0.357. The number of rotatable bonds is 6. The van der Waals surface area contributed by atoms with Gasteiger partial charge in [0.25, 0.3) is 0 Å². The van der Waals surface area contributed by atoms with Crippen LogP contribution in [0.4, 0.5) is 11.5 Å². The number of pyridine rings is 1. The van der Waals surface area contributed by atoms with E-state index in [0.29, 0.717) is 30.2 Å². The van der Waals surface area contributed by atoms with Crippen LogP contribution in [0.2, 0.25) is 0 Å². The van der Waals surface area contributed by atoms with Crippen molar-refractivity contribution in [1.82, 2.24) is 14.8 Å². The fourth-order valence-corrected chi connectivity index (χ4v) is 1.94. The number of hydrogen-bond acceptors (Lipinski definition) is 6. The molecular formula is C14H19N5O2. The minimum Gasteiger partial charge on any atom is -0.462 e. The molecule has 0 saturated carbocycles. The summed E-state index contributed by atoms with van der Waals surface area (Å²) in [6.45, 7) is 2.69. The van der Waals surface area contributed by atoms with E-state index in [2.05, 4.69) is 15.4 Å². The molecule has 0 radical (unpaired) electrons. The Morgan fingerprint density at radius 3 is 3.00 bits per heavy atom. The highest BCUT2D eigenvalue weighted by Crippen LogP contribution is 2.17. The van der Waals surface area contributed by atoms with Crippen LogP contribution in [-0.4, -0.2) is 33.9 Å². The Kier molecular flexibility index (Phi) is 4.76. The molecule has 0 fully saturated rings. The molecule has 3 N–H and O–H groups in total. The number of anilines is 2. The van der Waals surface area contributed by atoms with Crippen LogP contribution >= 0.6 is 0 Å². The van der Waals surface area contributed by atoms with Gasteiger partial charge in [-0.25, -0.2) is 9.78 Å². The second-order valence-corrected chi connectivity index (χ2v) is 4.51. The number of nitrogen functional groups attached to an aromatic ring is 1. The first-order chi connectivity index (χ1) is 10.1. The summed E-state index contributed by atoms with van der Waals surface area (Å²) in [6, 6.07) is 3.52.